The third-order valence-electron chi connectivity index (χ3n) is 3.81. The first-order valence-electron chi connectivity index (χ1n) is 8.03. The fraction of sp³-hybridized carbons (Fsp3) is 0.105. The van der Waals surface area contributed by atoms with Crippen molar-refractivity contribution in [1.29, 1.82) is 0 Å². The molecule has 1 amide bonds. The Morgan fingerprint density at radius 3 is 2.21 bits per heavy atom. The van der Waals surface area contributed by atoms with E-state index in [4.69, 9.17) is 0 Å². The third kappa shape index (κ3) is 4.61. The highest BCUT2D eigenvalue weighted by Crippen LogP contribution is 2.29. The molecule has 9 heteroatoms. The van der Waals surface area contributed by atoms with Crippen molar-refractivity contribution >= 4 is 11.6 Å². The molecular formula is C19H13F4N3O2. The summed E-state index contributed by atoms with van der Waals surface area (Å²) in [5.41, 5.74) is -0.638. The Morgan fingerprint density at radius 2 is 1.61 bits per heavy atom. The summed E-state index contributed by atoms with van der Waals surface area (Å²) in [6.45, 7) is 0.0283. The van der Waals surface area contributed by atoms with Crippen LogP contribution in [0.15, 0.2) is 65.5 Å². The van der Waals surface area contributed by atoms with Gasteiger partial charge in [0.05, 0.1) is 12.1 Å². The Kier molecular flexibility index (Phi) is 5.25. The summed E-state index contributed by atoms with van der Waals surface area (Å²) in [7, 11) is 0. The van der Waals surface area contributed by atoms with Crippen LogP contribution in [0.5, 0.6) is 0 Å². The lowest BCUT2D eigenvalue weighted by Gasteiger charge is -2.10. The van der Waals surface area contributed by atoms with Crippen LogP contribution in [0, 0.1) is 5.82 Å². The molecule has 5 nitrogen and oxygen atoms in total. The summed E-state index contributed by atoms with van der Waals surface area (Å²) in [6, 6.07) is 11.7. The van der Waals surface area contributed by atoms with Gasteiger partial charge in [0.1, 0.15) is 11.5 Å². The van der Waals surface area contributed by atoms with Crippen molar-refractivity contribution in [3.05, 3.63) is 93.7 Å². The summed E-state index contributed by atoms with van der Waals surface area (Å²) in [5, 5.41) is 6.38. The van der Waals surface area contributed by atoms with Crippen molar-refractivity contribution < 1.29 is 22.4 Å². The van der Waals surface area contributed by atoms with Gasteiger partial charge in [0.2, 0.25) is 0 Å². The molecule has 1 N–H and O–H groups in total. The van der Waals surface area contributed by atoms with Crippen LogP contribution in [0.4, 0.5) is 23.2 Å². The Morgan fingerprint density at radius 1 is 0.964 bits per heavy atom. The van der Waals surface area contributed by atoms with Crippen LogP contribution in [0.3, 0.4) is 0 Å². The lowest BCUT2D eigenvalue weighted by Crippen LogP contribution is -2.26. The summed E-state index contributed by atoms with van der Waals surface area (Å²) in [6.07, 6.45) is -4.47. The smallest absolute Gasteiger partial charge is 0.321 e. The van der Waals surface area contributed by atoms with Gasteiger partial charge in [0, 0.05) is 11.8 Å². The van der Waals surface area contributed by atoms with Gasteiger partial charge in [-0.2, -0.15) is 18.3 Å². The van der Waals surface area contributed by atoms with Crippen LogP contribution >= 0.6 is 0 Å². The van der Waals surface area contributed by atoms with Gasteiger partial charge < -0.3 is 5.32 Å². The minimum Gasteiger partial charge on any atom is -0.321 e. The van der Waals surface area contributed by atoms with E-state index in [0.29, 0.717) is 5.56 Å². The van der Waals surface area contributed by atoms with E-state index >= 15 is 0 Å². The molecule has 0 spiro atoms. The Labute approximate surface area is 156 Å². The van der Waals surface area contributed by atoms with Gasteiger partial charge in [-0.25, -0.2) is 9.07 Å². The van der Waals surface area contributed by atoms with Gasteiger partial charge in [-0.15, -0.1) is 0 Å². The number of rotatable bonds is 4. The zero-order valence-electron chi connectivity index (χ0n) is 14.2. The van der Waals surface area contributed by atoms with Crippen molar-refractivity contribution in [3.8, 4) is 0 Å². The zero-order chi connectivity index (χ0) is 20.3. The van der Waals surface area contributed by atoms with E-state index in [1.807, 2.05) is 0 Å². The van der Waals surface area contributed by atoms with Crippen molar-refractivity contribution in [2.24, 2.45) is 0 Å². The van der Waals surface area contributed by atoms with Gasteiger partial charge in [-0.3, -0.25) is 9.59 Å². The first-order valence-corrected chi connectivity index (χ1v) is 8.03. The second-order valence-electron chi connectivity index (χ2n) is 5.87. The predicted molar refractivity (Wildman–Crippen MR) is 93.4 cm³/mol. The van der Waals surface area contributed by atoms with Gasteiger partial charge in [0.25, 0.3) is 11.5 Å². The Hall–Kier alpha value is -3.49. The molecule has 0 saturated carbocycles. The van der Waals surface area contributed by atoms with E-state index in [9.17, 15) is 27.2 Å². The lowest BCUT2D eigenvalue weighted by atomic mass is 10.2. The summed E-state index contributed by atoms with van der Waals surface area (Å²) < 4.78 is 51.7. The largest absolute Gasteiger partial charge is 0.416 e. The highest BCUT2D eigenvalue weighted by Gasteiger charge is 2.30. The van der Waals surface area contributed by atoms with Crippen LogP contribution in [0.25, 0.3) is 0 Å². The summed E-state index contributed by atoms with van der Waals surface area (Å²) in [5.74, 6) is -1.11. The van der Waals surface area contributed by atoms with Gasteiger partial charge in [-0.05, 0) is 48.0 Å². The highest BCUT2D eigenvalue weighted by molar-refractivity contribution is 6.02. The predicted octanol–water partition coefficient (Wildman–Crippen LogP) is 3.70. The number of halogens is 4. The number of nitrogens with zero attached hydrogens (tertiary/aromatic N) is 2. The van der Waals surface area contributed by atoms with E-state index in [-0.39, 0.29) is 17.9 Å². The number of hydrogen-bond donors (Lipinski definition) is 1. The second-order valence-corrected chi connectivity index (χ2v) is 5.87. The van der Waals surface area contributed by atoms with Crippen molar-refractivity contribution in [2.45, 2.75) is 12.7 Å². The lowest BCUT2D eigenvalue weighted by molar-refractivity contribution is -0.137. The number of aromatic nitrogens is 2. The maximum Gasteiger partial charge on any atom is 0.416 e. The summed E-state index contributed by atoms with van der Waals surface area (Å²) >= 11 is 0. The Balaban J connectivity index is 1.77. The number of hydrogen-bond acceptors (Lipinski definition) is 3. The number of nitrogens with one attached hydrogen (secondary N) is 1. The molecule has 0 atom stereocenters. The second kappa shape index (κ2) is 7.63. The minimum atomic E-state index is -4.47. The third-order valence-corrected chi connectivity index (χ3v) is 3.81. The number of carbonyl (C=O) groups is 1. The van der Waals surface area contributed by atoms with Crippen LogP contribution in [0.2, 0.25) is 0 Å². The van der Waals surface area contributed by atoms with Crippen LogP contribution in [0.1, 0.15) is 21.6 Å². The molecule has 0 aliphatic carbocycles. The average molecular weight is 391 g/mol. The molecule has 0 unspecified atom stereocenters. The van der Waals surface area contributed by atoms with Crippen LogP contribution < -0.4 is 10.9 Å². The molecule has 2 aromatic carbocycles. The molecule has 0 radical (unpaired) electrons. The summed E-state index contributed by atoms with van der Waals surface area (Å²) in [4.78, 5) is 24.2. The molecule has 0 aliphatic heterocycles. The Bertz CT molecular complexity index is 1040. The molecule has 0 saturated heterocycles. The maximum absolute atomic E-state index is 13.0. The average Bonchev–Trinajstić information content (AvgIpc) is 2.65. The van der Waals surface area contributed by atoms with E-state index < -0.39 is 29.0 Å². The first-order chi connectivity index (χ1) is 13.2. The zero-order valence-corrected chi connectivity index (χ0v) is 14.2. The number of alkyl halides is 3. The van der Waals surface area contributed by atoms with Gasteiger partial charge in [-0.1, -0.05) is 12.1 Å². The monoisotopic (exact) mass is 391 g/mol. The highest BCUT2D eigenvalue weighted by atomic mass is 19.4. The molecule has 3 aromatic rings. The molecule has 28 heavy (non-hydrogen) atoms. The van der Waals surface area contributed by atoms with E-state index in [0.717, 1.165) is 35.0 Å². The van der Waals surface area contributed by atoms with Crippen molar-refractivity contribution in [2.75, 3.05) is 5.32 Å². The minimum absolute atomic E-state index is 0.0283. The van der Waals surface area contributed by atoms with E-state index in [1.165, 1.54) is 30.3 Å². The normalized spacial score (nSPS) is 11.3. The number of carbonyl (C=O) groups excluding carboxylic acids is 1. The maximum atomic E-state index is 13.0. The molecule has 0 fully saturated rings. The van der Waals surface area contributed by atoms with Crippen molar-refractivity contribution in [1.82, 2.24) is 9.78 Å². The SMILES string of the molecule is O=C(Nc1ccc(C(F)(F)F)cc1)c1ccc(=O)n(Cc2ccc(F)cc2)n1. The fourth-order valence-electron chi connectivity index (χ4n) is 2.38. The van der Waals surface area contributed by atoms with E-state index in [2.05, 4.69) is 10.4 Å². The fourth-order valence-corrected chi connectivity index (χ4v) is 2.38. The van der Waals surface area contributed by atoms with Crippen LogP contribution in [-0.4, -0.2) is 15.7 Å². The number of anilines is 1. The molecule has 0 bridgehead atoms. The first kappa shape index (κ1) is 19.3. The van der Waals surface area contributed by atoms with Crippen LogP contribution in [-0.2, 0) is 12.7 Å². The standard InChI is InChI=1S/C19H13F4N3O2/c20-14-5-1-12(2-6-14)11-26-17(27)10-9-16(25-26)18(28)24-15-7-3-13(4-8-15)19(21,22)23/h1-10H,11H2,(H,24,28). The van der Waals surface area contributed by atoms with Gasteiger partial charge in [0.15, 0.2) is 0 Å². The molecule has 1 aromatic heterocycles. The molecule has 1 heterocycles. The van der Waals surface area contributed by atoms with E-state index in [1.54, 1.807) is 0 Å². The molecular weight excluding hydrogens is 378 g/mol. The van der Waals surface area contributed by atoms with Gasteiger partial charge >= 0.3 is 6.18 Å². The topological polar surface area (TPSA) is 64.0 Å². The van der Waals surface area contributed by atoms with Crippen molar-refractivity contribution in [3.63, 3.8) is 0 Å². The number of benzene rings is 2. The number of amides is 1. The molecule has 0 aliphatic rings. The quantitative estimate of drug-likeness (QED) is 0.690. The molecule has 144 valence electrons. The molecule has 3 rings (SSSR count).